The van der Waals surface area contributed by atoms with E-state index in [1.165, 1.54) is 11.8 Å². The molecule has 1 aliphatic heterocycles. The smallest absolute Gasteiger partial charge is 0.303 e. The fourth-order valence-electron chi connectivity index (χ4n) is 3.20. The Bertz CT molecular complexity index is 1060. The minimum atomic E-state index is -0.805. The van der Waals surface area contributed by atoms with E-state index in [1.54, 1.807) is 18.1 Å². The summed E-state index contributed by atoms with van der Waals surface area (Å²) in [5, 5.41) is 9.38. The molecule has 1 N–H and O–H groups in total. The summed E-state index contributed by atoms with van der Waals surface area (Å²) in [7, 11) is 1.57. The average molecular weight is 506 g/mol. The van der Waals surface area contributed by atoms with E-state index >= 15 is 0 Å². The van der Waals surface area contributed by atoms with Gasteiger partial charge in [-0.2, -0.15) is 0 Å². The zero-order valence-electron chi connectivity index (χ0n) is 18.1. The minimum Gasteiger partial charge on any atom is -0.493 e. The first-order chi connectivity index (χ1) is 15.9. The predicted octanol–water partition coefficient (Wildman–Crippen LogP) is 5.77. The zero-order chi connectivity index (χ0) is 23.8. The molecule has 0 saturated carbocycles. The van der Waals surface area contributed by atoms with Crippen LogP contribution in [0.15, 0.2) is 47.4 Å². The van der Waals surface area contributed by atoms with E-state index in [1.807, 2.05) is 42.5 Å². The molecule has 0 spiro atoms. The molecule has 0 unspecified atom stereocenters. The number of ether oxygens (including phenoxy) is 2. The molecule has 1 aliphatic rings. The van der Waals surface area contributed by atoms with Crippen LogP contribution in [0.2, 0.25) is 5.02 Å². The van der Waals surface area contributed by atoms with Crippen molar-refractivity contribution in [2.24, 2.45) is 0 Å². The van der Waals surface area contributed by atoms with Gasteiger partial charge in [0, 0.05) is 18.0 Å². The van der Waals surface area contributed by atoms with Gasteiger partial charge in [-0.1, -0.05) is 60.2 Å². The molecule has 1 heterocycles. The maximum atomic E-state index is 12.8. The highest BCUT2D eigenvalue weighted by Crippen LogP contribution is 2.35. The van der Waals surface area contributed by atoms with Gasteiger partial charge in [0.1, 0.15) is 10.9 Å². The van der Waals surface area contributed by atoms with Crippen LogP contribution in [0.1, 0.15) is 36.8 Å². The lowest BCUT2D eigenvalue weighted by molar-refractivity contribution is -0.137. The molecule has 0 radical (unpaired) electrons. The van der Waals surface area contributed by atoms with E-state index in [2.05, 4.69) is 0 Å². The van der Waals surface area contributed by atoms with Gasteiger partial charge in [0.2, 0.25) is 0 Å². The third-order valence-electron chi connectivity index (χ3n) is 4.94. The van der Waals surface area contributed by atoms with Crippen molar-refractivity contribution in [3.63, 3.8) is 0 Å². The summed E-state index contributed by atoms with van der Waals surface area (Å²) in [6.45, 7) is 0.862. The number of halogens is 1. The van der Waals surface area contributed by atoms with Gasteiger partial charge in [0.25, 0.3) is 5.91 Å². The van der Waals surface area contributed by atoms with Crippen LogP contribution >= 0.6 is 35.6 Å². The first-order valence-corrected chi connectivity index (χ1v) is 12.0. The Labute approximate surface area is 207 Å². The molecule has 6 nitrogen and oxygen atoms in total. The van der Waals surface area contributed by atoms with Crippen LogP contribution in [-0.4, -0.2) is 39.9 Å². The molecular formula is C24H24ClNO5S2. The summed E-state index contributed by atoms with van der Waals surface area (Å²) in [5.41, 5.74) is 1.78. The molecule has 33 heavy (non-hydrogen) atoms. The summed E-state index contributed by atoms with van der Waals surface area (Å²) in [5.74, 6) is 0.218. The molecule has 174 valence electrons. The van der Waals surface area contributed by atoms with Crippen LogP contribution in [0, 0.1) is 0 Å². The second-order valence-corrected chi connectivity index (χ2v) is 9.48. The Balaban J connectivity index is 1.62. The highest BCUT2D eigenvalue weighted by atomic mass is 35.5. The standard InChI is InChI=1S/C24H24ClNO5S2/c1-30-20-13-17(8-11-19(20)31-15-16-6-9-18(25)10-7-16)14-21-23(29)26(24(32)33-21)12-4-2-3-5-22(27)28/h6-11,13-14H,2-5,12,15H2,1H3,(H,27,28)/b21-14-. The van der Waals surface area contributed by atoms with Gasteiger partial charge in [0.05, 0.1) is 12.0 Å². The van der Waals surface area contributed by atoms with Gasteiger partial charge in [-0.3, -0.25) is 14.5 Å². The fraction of sp³-hybridized carbons (Fsp3) is 0.292. The number of rotatable bonds is 11. The molecule has 9 heteroatoms. The Morgan fingerprint density at radius 2 is 1.91 bits per heavy atom. The number of hydrogen-bond acceptors (Lipinski definition) is 6. The molecule has 2 aromatic carbocycles. The van der Waals surface area contributed by atoms with E-state index in [0.717, 1.165) is 17.5 Å². The molecule has 0 atom stereocenters. The number of carbonyl (C=O) groups is 2. The molecule has 0 aliphatic carbocycles. The van der Waals surface area contributed by atoms with Crippen molar-refractivity contribution in [1.29, 1.82) is 0 Å². The summed E-state index contributed by atoms with van der Waals surface area (Å²) < 4.78 is 11.9. The topological polar surface area (TPSA) is 76.1 Å². The van der Waals surface area contributed by atoms with Crippen LogP contribution in [0.3, 0.4) is 0 Å². The largest absolute Gasteiger partial charge is 0.493 e. The number of amides is 1. The number of carboxylic acid groups (broad SMARTS) is 1. The number of carbonyl (C=O) groups excluding carboxylic acids is 1. The van der Waals surface area contributed by atoms with Gasteiger partial charge in [-0.25, -0.2) is 0 Å². The van der Waals surface area contributed by atoms with Gasteiger partial charge in [0.15, 0.2) is 11.5 Å². The number of thioether (sulfide) groups is 1. The van der Waals surface area contributed by atoms with Gasteiger partial charge in [-0.05, 0) is 54.3 Å². The SMILES string of the molecule is COc1cc(/C=C2\SC(=S)N(CCCCCC(=O)O)C2=O)ccc1OCc1ccc(Cl)cc1. The van der Waals surface area contributed by atoms with Crippen LogP contribution in [0.4, 0.5) is 0 Å². The number of thiocarbonyl (C=S) groups is 1. The van der Waals surface area contributed by atoms with Gasteiger partial charge >= 0.3 is 5.97 Å². The first kappa shape index (κ1) is 25.1. The predicted molar refractivity (Wildman–Crippen MR) is 135 cm³/mol. The number of aliphatic carboxylic acids is 1. The molecule has 3 rings (SSSR count). The van der Waals surface area contributed by atoms with Crippen LogP contribution in [-0.2, 0) is 16.2 Å². The van der Waals surface area contributed by atoms with Crippen molar-refractivity contribution in [3.05, 3.63) is 63.5 Å². The third kappa shape index (κ3) is 7.22. The van der Waals surface area contributed by atoms with E-state index in [0.29, 0.717) is 51.7 Å². The number of carboxylic acids is 1. The lowest BCUT2D eigenvalue weighted by Gasteiger charge is -2.14. The zero-order valence-corrected chi connectivity index (χ0v) is 20.5. The first-order valence-electron chi connectivity index (χ1n) is 10.4. The molecule has 1 saturated heterocycles. The summed E-state index contributed by atoms with van der Waals surface area (Å²) in [6, 6.07) is 12.9. The number of hydrogen-bond donors (Lipinski definition) is 1. The molecule has 1 amide bonds. The van der Waals surface area contributed by atoms with Crippen molar-refractivity contribution >= 4 is 57.9 Å². The normalized spacial score (nSPS) is 14.7. The van der Waals surface area contributed by atoms with Gasteiger partial charge in [-0.15, -0.1) is 0 Å². The van der Waals surface area contributed by atoms with Crippen molar-refractivity contribution in [3.8, 4) is 11.5 Å². The van der Waals surface area contributed by atoms with Crippen molar-refractivity contribution in [1.82, 2.24) is 4.90 Å². The molecular weight excluding hydrogens is 482 g/mol. The number of methoxy groups -OCH3 is 1. The second-order valence-electron chi connectivity index (χ2n) is 7.36. The van der Waals surface area contributed by atoms with Gasteiger partial charge < -0.3 is 14.6 Å². The van der Waals surface area contributed by atoms with E-state index in [-0.39, 0.29) is 12.3 Å². The highest BCUT2D eigenvalue weighted by Gasteiger charge is 2.31. The number of benzene rings is 2. The molecule has 2 aromatic rings. The Kier molecular flexibility index (Phi) is 9.17. The van der Waals surface area contributed by atoms with Crippen molar-refractivity contribution in [2.45, 2.75) is 32.3 Å². The summed E-state index contributed by atoms with van der Waals surface area (Å²) in [4.78, 5) is 25.5. The fourth-order valence-corrected chi connectivity index (χ4v) is 4.64. The Morgan fingerprint density at radius 1 is 1.15 bits per heavy atom. The van der Waals surface area contributed by atoms with Crippen LogP contribution < -0.4 is 9.47 Å². The second kappa shape index (κ2) is 12.1. The summed E-state index contributed by atoms with van der Waals surface area (Å²) in [6.07, 6.45) is 3.96. The quantitative estimate of drug-likeness (QED) is 0.236. The van der Waals surface area contributed by atoms with E-state index < -0.39 is 5.97 Å². The average Bonchev–Trinajstić information content (AvgIpc) is 3.05. The van der Waals surface area contributed by atoms with Crippen LogP contribution in [0.5, 0.6) is 11.5 Å². The lowest BCUT2D eigenvalue weighted by atomic mass is 10.1. The lowest BCUT2D eigenvalue weighted by Crippen LogP contribution is -2.29. The third-order valence-corrected chi connectivity index (χ3v) is 6.57. The Morgan fingerprint density at radius 3 is 2.61 bits per heavy atom. The minimum absolute atomic E-state index is 0.134. The maximum Gasteiger partial charge on any atom is 0.303 e. The molecule has 0 aromatic heterocycles. The maximum absolute atomic E-state index is 12.8. The Hall–Kier alpha value is -2.55. The van der Waals surface area contributed by atoms with E-state index in [4.69, 9.17) is 38.4 Å². The summed E-state index contributed by atoms with van der Waals surface area (Å²) >= 11 is 12.6. The molecule has 0 bridgehead atoms. The van der Waals surface area contributed by atoms with Crippen molar-refractivity contribution < 1.29 is 24.2 Å². The number of unbranched alkanes of at least 4 members (excludes halogenated alkanes) is 2. The number of nitrogens with zero attached hydrogens (tertiary/aromatic N) is 1. The monoisotopic (exact) mass is 505 g/mol. The highest BCUT2D eigenvalue weighted by molar-refractivity contribution is 8.26. The van der Waals surface area contributed by atoms with Crippen LogP contribution in [0.25, 0.3) is 6.08 Å². The van der Waals surface area contributed by atoms with Crippen molar-refractivity contribution in [2.75, 3.05) is 13.7 Å². The van der Waals surface area contributed by atoms with E-state index in [9.17, 15) is 9.59 Å². The molecule has 1 fully saturated rings.